The first-order chi connectivity index (χ1) is 15.8. The average molecular weight is 452 g/mol. The van der Waals surface area contributed by atoms with E-state index in [-0.39, 0.29) is 17.9 Å². The van der Waals surface area contributed by atoms with Crippen molar-refractivity contribution in [1.29, 1.82) is 0 Å². The summed E-state index contributed by atoms with van der Waals surface area (Å²) in [5.74, 6) is 0.143. The van der Waals surface area contributed by atoms with Crippen LogP contribution in [0.2, 0.25) is 0 Å². The highest BCUT2D eigenvalue weighted by Crippen LogP contribution is 2.34. The van der Waals surface area contributed by atoms with Gasteiger partial charge in [-0.2, -0.15) is 18.3 Å². The number of carbonyl (C=O) groups is 1. The molecule has 0 radical (unpaired) electrons. The van der Waals surface area contributed by atoms with E-state index in [0.29, 0.717) is 5.56 Å². The van der Waals surface area contributed by atoms with E-state index >= 15 is 0 Å². The molecule has 2 N–H and O–H groups in total. The van der Waals surface area contributed by atoms with E-state index in [0.717, 1.165) is 59.1 Å². The molecule has 0 aliphatic heterocycles. The van der Waals surface area contributed by atoms with Crippen molar-refractivity contribution in [3.63, 3.8) is 0 Å². The SMILES string of the molecule is CC(c1cccc(C(F)(F)F)c1)n1cc(-c2ccc3[nH]cc(NC(=O)C4CCC4)c3c2)cn1. The number of aromatic amines is 1. The van der Waals surface area contributed by atoms with Gasteiger partial charge in [-0.05, 0) is 55.2 Å². The van der Waals surface area contributed by atoms with Gasteiger partial charge in [0.05, 0.1) is 23.5 Å². The number of benzene rings is 2. The molecule has 5 rings (SSSR count). The molecule has 1 unspecified atom stereocenters. The van der Waals surface area contributed by atoms with Crippen molar-refractivity contribution in [2.45, 2.75) is 38.4 Å². The minimum absolute atomic E-state index is 0.0512. The van der Waals surface area contributed by atoms with Crippen molar-refractivity contribution in [2.75, 3.05) is 5.32 Å². The Kier molecular flexibility index (Phi) is 5.23. The van der Waals surface area contributed by atoms with Crippen molar-refractivity contribution in [2.24, 2.45) is 5.92 Å². The summed E-state index contributed by atoms with van der Waals surface area (Å²) in [4.78, 5) is 15.6. The first-order valence-electron chi connectivity index (χ1n) is 10.9. The van der Waals surface area contributed by atoms with Gasteiger partial charge in [-0.25, -0.2) is 0 Å². The number of alkyl halides is 3. The number of rotatable bonds is 5. The highest BCUT2D eigenvalue weighted by molar-refractivity contribution is 6.03. The van der Waals surface area contributed by atoms with E-state index in [2.05, 4.69) is 15.4 Å². The fraction of sp³-hybridized carbons (Fsp3) is 0.280. The summed E-state index contributed by atoms with van der Waals surface area (Å²) in [5, 5.41) is 8.33. The maximum atomic E-state index is 13.1. The van der Waals surface area contributed by atoms with Crippen LogP contribution in [-0.2, 0) is 11.0 Å². The summed E-state index contributed by atoms with van der Waals surface area (Å²) in [7, 11) is 0. The number of hydrogen-bond donors (Lipinski definition) is 2. The van der Waals surface area contributed by atoms with Crippen LogP contribution >= 0.6 is 0 Å². The quantitative estimate of drug-likeness (QED) is 0.368. The van der Waals surface area contributed by atoms with Gasteiger partial charge in [-0.15, -0.1) is 0 Å². The molecule has 5 nitrogen and oxygen atoms in total. The predicted octanol–water partition coefficient (Wildman–Crippen LogP) is 6.40. The number of hydrogen-bond acceptors (Lipinski definition) is 2. The Morgan fingerprint density at radius 3 is 2.73 bits per heavy atom. The summed E-state index contributed by atoms with van der Waals surface area (Å²) in [6.07, 6.45) is 3.90. The fourth-order valence-corrected chi connectivity index (χ4v) is 4.14. The van der Waals surface area contributed by atoms with Gasteiger partial charge in [0.25, 0.3) is 0 Å². The molecule has 170 valence electrons. The Balaban J connectivity index is 1.40. The largest absolute Gasteiger partial charge is 0.416 e. The number of carbonyl (C=O) groups excluding carboxylic acids is 1. The second-order valence-corrected chi connectivity index (χ2v) is 8.59. The second kappa shape index (κ2) is 8.10. The number of aromatic nitrogens is 3. The lowest BCUT2D eigenvalue weighted by atomic mass is 9.85. The highest BCUT2D eigenvalue weighted by atomic mass is 19.4. The van der Waals surface area contributed by atoms with Crippen LogP contribution in [0.1, 0.15) is 43.4 Å². The molecule has 1 aliphatic carbocycles. The normalized spacial score (nSPS) is 15.4. The van der Waals surface area contributed by atoms with Gasteiger partial charge >= 0.3 is 6.18 Å². The van der Waals surface area contributed by atoms with Crippen molar-refractivity contribution in [1.82, 2.24) is 14.8 Å². The fourth-order valence-electron chi connectivity index (χ4n) is 4.14. The summed E-state index contributed by atoms with van der Waals surface area (Å²) < 4.78 is 40.9. The van der Waals surface area contributed by atoms with E-state index in [9.17, 15) is 18.0 Å². The van der Waals surface area contributed by atoms with Crippen LogP contribution in [0.5, 0.6) is 0 Å². The first-order valence-corrected chi connectivity index (χ1v) is 10.9. The molecule has 33 heavy (non-hydrogen) atoms. The third kappa shape index (κ3) is 4.13. The molecule has 1 atom stereocenters. The first kappa shape index (κ1) is 21.3. The number of halogens is 3. The van der Waals surface area contributed by atoms with Gasteiger partial charge < -0.3 is 10.3 Å². The molecule has 2 heterocycles. The number of fused-ring (bicyclic) bond motifs is 1. The lowest BCUT2D eigenvalue weighted by molar-refractivity contribution is -0.137. The molecule has 1 saturated carbocycles. The lowest BCUT2D eigenvalue weighted by Gasteiger charge is -2.23. The number of H-pyrrole nitrogens is 1. The number of nitrogens with one attached hydrogen (secondary N) is 2. The van der Waals surface area contributed by atoms with Crippen LogP contribution in [-0.4, -0.2) is 20.7 Å². The minimum atomic E-state index is -4.39. The molecule has 1 amide bonds. The van der Waals surface area contributed by atoms with Crippen LogP contribution in [0.25, 0.3) is 22.0 Å². The van der Waals surface area contributed by atoms with Crippen LogP contribution in [0, 0.1) is 5.92 Å². The van der Waals surface area contributed by atoms with Gasteiger partial charge in [-0.3, -0.25) is 9.48 Å². The second-order valence-electron chi connectivity index (χ2n) is 8.59. The highest BCUT2D eigenvalue weighted by Gasteiger charge is 2.31. The lowest BCUT2D eigenvalue weighted by Crippen LogP contribution is -2.27. The molecule has 1 aliphatic rings. The standard InChI is InChI=1S/C25H23F3N4O/c1-15(17-6-3-7-20(10-17)25(26,27)28)32-14-19(12-30-32)18-8-9-22-21(11-18)23(13-29-22)31-24(33)16-4-2-5-16/h3,6-16,29H,2,4-5H2,1H3,(H,31,33). The monoisotopic (exact) mass is 452 g/mol. The zero-order chi connectivity index (χ0) is 23.2. The Labute approximate surface area is 188 Å². The third-order valence-corrected chi connectivity index (χ3v) is 6.44. The van der Waals surface area contributed by atoms with Crippen LogP contribution in [0.3, 0.4) is 0 Å². The van der Waals surface area contributed by atoms with Gasteiger partial charge in [0.1, 0.15) is 0 Å². The molecule has 0 spiro atoms. The molecule has 0 saturated heterocycles. The van der Waals surface area contributed by atoms with E-state index in [4.69, 9.17) is 0 Å². The molecule has 2 aromatic carbocycles. The Morgan fingerprint density at radius 2 is 2.00 bits per heavy atom. The van der Waals surface area contributed by atoms with Crippen molar-refractivity contribution in [3.8, 4) is 11.1 Å². The van der Waals surface area contributed by atoms with Crippen molar-refractivity contribution in [3.05, 3.63) is 72.2 Å². The Hall–Kier alpha value is -3.55. The Bertz CT molecular complexity index is 1320. The molecule has 2 aromatic heterocycles. The smallest absolute Gasteiger partial charge is 0.359 e. The van der Waals surface area contributed by atoms with Crippen LogP contribution < -0.4 is 5.32 Å². The minimum Gasteiger partial charge on any atom is -0.359 e. The molecule has 1 fully saturated rings. The van der Waals surface area contributed by atoms with Crippen molar-refractivity contribution < 1.29 is 18.0 Å². The van der Waals surface area contributed by atoms with Gasteiger partial charge in [-0.1, -0.05) is 24.6 Å². The zero-order valence-electron chi connectivity index (χ0n) is 18.0. The van der Waals surface area contributed by atoms with E-state index in [1.807, 2.05) is 31.3 Å². The molecule has 4 aromatic rings. The van der Waals surface area contributed by atoms with Gasteiger partial charge in [0, 0.05) is 34.8 Å². The molecular formula is C25H23F3N4O. The van der Waals surface area contributed by atoms with Gasteiger partial charge in [0.15, 0.2) is 0 Å². The van der Waals surface area contributed by atoms with Crippen molar-refractivity contribution >= 4 is 22.5 Å². The number of amides is 1. The summed E-state index contributed by atoms with van der Waals surface area (Å²) in [5.41, 5.74) is 3.26. The topological polar surface area (TPSA) is 62.7 Å². The van der Waals surface area contributed by atoms with E-state index in [1.165, 1.54) is 6.07 Å². The number of anilines is 1. The summed E-state index contributed by atoms with van der Waals surface area (Å²) in [6, 6.07) is 10.8. The average Bonchev–Trinajstić information content (AvgIpc) is 3.39. The summed E-state index contributed by atoms with van der Waals surface area (Å²) in [6.45, 7) is 1.82. The van der Waals surface area contributed by atoms with E-state index < -0.39 is 11.7 Å². The van der Waals surface area contributed by atoms with Crippen LogP contribution in [0.15, 0.2) is 61.1 Å². The van der Waals surface area contributed by atoms with Crippen LogP contribution in [0.4, 0.5) is 18.9 Å². The molecular weight excluding hydrogens is 429 g/mol. The van der Waals surface area contributed by atoms with Gasteiger partial charge in [0.2, 0.25) is 5.91 Å². The van der Waals surface area contributed by atoms with E-state index in [1.54, 1.807) is 23.1 Å². The zero-order valence-corrected chi connectivity index (χ0v) is 18.0. The maximum Gasteiger partial charge on any atom is 0.416 e. The summed E-state index contributed by atoms with van der Waals surface area (Å²) >= 11 is 0. The molecule has 8 heteroatoms. The number of nitrogens with zero attached hydrogens (tertiary/aromatic N) is 2. The maximum absolute atomic E-state index is 13.1. The molecule has 0 bridgehead atoms. The third-order valence-electron chi connectivity index (χ3n) is 6.44. The Morgan fingerprint density at radius 1 is 1.18 bits per heavy atom. The predicted molar refractivity (Wildman–Crippen MR) is 121 cm³/mol.